The van der Waals surface area contributed by atoms with Crippen LogP contribution in [0.1, 0.15) is 21.7 Å². The van der Waals surface area contributed by atoms with E-state index in [9.17, 15) is 14.7 Å². The van der Waals surface area contributed by atoms with Gasteiger partial charge in [0.25, 0.3) is 0 Å². The predicted octanol–water partition coefficient (Wildman–Crippen LogP) is 1.48. The molecule has 0 aliphatic carbocycles. The number of aromatic carboxylic acids is 1. The van der Waals surface area contributed by atoms with Crippen molar-refractivity contribution in [2.24, 2.45) is 0 Å². The Morgan fingerprint density at radius 2 is 2.19 bits per heavy atom. The topological polar surface area (TPSA) is 111 Å². The number of carboxylic acids is 1. The highest BCUT2D eigenvalue weighted by atomic mass is 16.4. The fraction of sp³-hybridized carbons (Fsp3) is 0.231. The smallest absolute Gasteiger partial charge is 0.338 e. The van der Waals surface area contributed by atoms with Crippen LogP contribution in [0, 0.1) is 6.92 Å². The molecule has 3 N–H and O–H groups in total. The number of nitrogens with zero attached hydrogens (tertiary/aromatic N) is 3. The number of anilines is 1. The number of carbonyl (C=O) groups excluding carboxylic acids is 1. The summed E-state index contributed by atoms with van der Waals surface area (Å²) in [6.07, 6.45) is 1.35. The van der Waals surface area contributed by atoms with Crippen molar-refractivity contribution in [1.82, 2.24) is 20.1 Å². The zero-order chi connectivity index (χ0) is 15.4. The van der Waals surface area contributed by atoms with Gasteiger partial charge in [0.2, 0.25) is 0 Å². The normalized spacial score (nSPS) is 10.2. The Hall–Kier alpha value is -2.90. The minimum atomic E-state index is -1.08. The number of benzene rings is 1. The molecule has 0 aliphatic heterocycles. The number of H-pyrrole nitrogens is 1. The molecule has 0 unspecified atom stereocenters. The van der Waals surface area contributed by atoms with Gasteiger partial charge in [-0.15, -0.1) is 0 Å². The molecule has 1 aromatic heterocycles. The van der Waals surface area contributed by atoms with Crippen molar-refractivity contribution in [3.8, 4) is 0 Å². The van der Waals surface area contributed by atoms with Crippen molar-refractivity contribution >= 4 is 17.7 Å². The largest absolute Gasteiger partial charge is 0.478 e. The first-order valence-electron chi connectivity index (χ1n) is 6.18. The Labute approximate surface area is 120 Å². The summed E-state index contributed by atoms with van der Waals surface area (Å²) in [5.74, 6) is -0.545. The lowest BCUT2D eigenvalue weighted by molar-refractivity contribution is 0.0697. The molecule has 0 aliphatic rings. The van der Waals surface area contributed by atoms with Gasteiger partial charge in [-0.05, 0) is 18.6 Å². The zero-order valence-corrected chi connectivity index (χ0v) is 11.6. The fourth-order valence-electron chi connectivity index (χ4n) is 1.87. The van der Waals surface area contributed by atoms with Crippen LogP contribution in [-0.4, -0.2) is 44.2 Å². The van der Waals surface area contributed by atoms with Crippen LogP contribution in [0.25, 0.3) is 0 Å². The van der Waals surface area contributed by atoms with Gasteiger partial charge in [0.05, 0.1) is 17.8 Å². The Morgan fingerprint density at radius 3 is 2.81 bits per heavy atom. The van der Waals surface area contributed by atoms with Gasteiger partial charge in [0, 0.05) is 7.05 Å². The van der Waals surface area contributed by atoms with Gasteiger partial charge >= 0.3 is 12.0 Å². The summed E-state index contributed by atoms with van der Waals surface area (Å²) in [5, 5.41) is 18.2. The second kappa shape index (κ2) is 6.04. The maximum absolute atomic E-state index is 12.1. The summed E-state index contributed by atoms with van der Waals surface area (Å²) >= 11 is 0. The molecule has 0 atom stereocenters. The number of aromatic amines is 1. The molecule has 0 bridgehead atoms. The van der Waals surface area contributed by atoms with Crippen LogP contribution in [0.4, 0.5) is 10.5 Å². The lowest BCUT2D eigenvalue weighted by atomic mass is 10.1. The fourth-order valence-corrected chi connectivity index (χ4v) is 1.87. The quantitative estimate of drug-likeness (QED) is 0.789. The van der Waals surface area contributed by atoms with Gasteiger partial charge < -0.3 is 15.3 Å². The average Bonchev–Trinajstić information content (AvgIpc) is 2.91. The number of aryl methyl sites for hydroxylation is 1. The van der Waals surface area contributed by atoms with Gasteiger partial charge in [-0.25, -0.2) is 14.6 Å². The van der Waals surface area contributed by atoms with Crippen LogP contribution in [0.15, 0.2) is 24.5 Å². The molecule has 2 rings (SSSR count). The van der Waals surface area contributed by atoms with Crippen molar-refractivity contribution in [1.29, 1.82) is 0 Å². The number of rotatable bonds is 4. The van der Waals surface area contributed by atoms with E-state index in [0.29, 0.717) is 11.4 Å². The van der Waals surface area contributed by atoms with Gasteiger partial charge in [-0.1, -0.05) is 12.1 Å². The molecule has 8 nitrogen and oxygen atoms in total. The van der Waals surface area contributed by atoms with Crippen LogP contribution in [0.2, 0.25) is 0 Å². The SMILES string of the molecule is Cc1cccc(NC(=O)N(C)Cc2ncn[nH]2)c1C(=O)O. The molecule has 8 heteroatoms. The summed E-state index contributed by atoms with van der Waals surface area (Å²) in [6.45, 7) is 1.91. The third-order valence-corrected chi connectivity index (χ3v) is 2.93. The van der Waals surface area contributed by atoms with E-state index >= 15 is 0 Å². The summed E-state index contributed by atoms with van der Waals surface area (Å²) in [5.41, 5.74) is 0.925. The second-order valence-electron chi connectivity index (χ2n) is 4.52. The molecule has 1 heterocycles. The molecule has 1 aromatic carbocycles. The third kappa shape index (κ3) is 3.35. The first-order chi connectivity index (χ1) is 9.99. The van der Waals surface area contributed by atoms with E-state index in [1.54, 1.807) is 32.2 Å². The lowest BCUT2D eigenvalue weighted by Crippen LogP contribution is -2.31. The van der Waals surface area contributed by atoms with Crippen molar-refractivity contribution in [2.45, 2.75) is 13.5 Å². The van der Waals surface area contributed by atoms with Crippen LogP contribution in [0.5, 0.6) is 0 Å². The Morgan fingerprint density at radius 1 is 1.43 bits per heavy atom. The van der Waals surface area contributed by atoms with Crippen LogP contribution in [0.3, 0.4) is 0 Å². The zero-order valence-electron chi connectivity index (χ0n) is 11.6. The van der Waals surface area contributed by atoms with E-state index in [2.05, 4.69) is 20.5 Å². The summed E-state index contributed by atoms with van der Waals surface area (Å²) in [4.78, 5) is 28.6. The van der Waals surface area contributed by atoms with E-state index in [0.717, 1.165) is 0 Å². The van der Waals surface area contributed by atoms with Crippen LogP contribution in [-0.2, 0) is 6.54 Å². The van der Waals surface area contributed by atoms with Crippen LogP contribution >= 0.6 is 0 Å². The predicted molar refractivity (Wildman–Crippen MR) is 75.0 cm³/mol. The van der Waals surface area contributed by atoms with Crippen molar-refractivity contribution in [3.05, 3.63) is 41.5 Å². The number of amides is 2. The van der Waals surface area contributed by atoms with Gasteiger partial charge in [-0.2, -0.15) is 5.10 Å². The first-order valence-corrected chi connectivity index (χ1v) is 6.18. The summed E-state index contributed by atoms with van der Waals surface area (Å²) < 4.78 is 0. The average molecular weight is 289 g/mol. The first kappa shape index (κ1) is 14.5. The summed E-state index contributed by atoms with van der Waals surface area (Å²) in [6, 6.07) is 4.49. The Kier molecular flexibility index (Phi) is 4.17. The Balaban J connectivity index is 2.12. The highest BCUT2D eigenvalue weighted by Gasteiger charge is 2.17. The molecule has 2 amide bonds. The standard InChI is InChI=1S/C13H15N5O3/c1-8-4-3-5-9(11(8)12(19)20)16-13(21)18(2)6-10-14-7-15-17-10/h3-5,7H,6H2,1-2H3,(H,16,21)(H,19,20)(H,14,15,17). The molecular formula is C13H15N5O3. The molecule has 21 heavy (non-hydrogen) atoms. The number of nitrogens with one attached hydrogen (secondary N) is 2. The van der Waals surface area contributed by atoms with Crippen molar-refractivity contribution < 1.29 is 14.7 Å². The molecular weight excluding hydrogens is 274 g/mol. The molecule has 0 fully saturated rings. The van der Waals surface area contributed by atoms with E-state index in [1.165, 1.54) is 11.2 Å². The molecule has 0 saturated carbocycles. The van der Waals surface area contributed by atoms with Gasteiger partial charge in [0.15, 0.2) is 0 Å². The molecule has 0 saturated heterocycles. The van der Waals surface area contributed by atoms with Crippen LogP contribution < -0.4 is 5.32 Å². The second-order valence-corrected chi connectivity index (χ2v) is 4.52. The van der Waals surface area contributed by atoms with Crippen molar-refractivity contribution in [3.63, 3.8) is 0 Å². The number of carbonyl (C=O) groups is 2. The maximum atomic E-state index is 12.1. The number of aromatic nitrogens is 3. The third-order valence-electron chi connectivity index (χ3n) is 2.93. The number of carboxylic acid groups (broad SMARTS) is 1. The van der Waals surface area contributed by atoms with Gasteiger partial charge in [-0.3, -0.25) is 5.10 Å². The molecule has 2 aromatic rings. The molecule has 110 valence electrons. The minimum Gasteiger partial charge on any atom is -0.478 e. The van der Waals surface area contributed by atoms with E-state index in [1.807, 2.05) is 0 Å². The minimum absolute atomic E-state index is 0.0823. The van der Waals surface area contributed by atoms with Crippen molar-refractivity contribution in [2.75, 3.05) is 12.4 Å². The van der Waals surface area contributed by atoms with E-state index < -0.39 is 12.0 Å². The lowest BCUT2D eigenvalue weighted by Gasteiger charge is -2.18. The van der Waals surface area contributed by atoms with E-state index in [4.69, 9.17) is 0 Å². The monoisotopic (exact) mass is 289 g/mol. The highest BCUT2D eigenvalue weighted by molar-refractivity contribution is 6.01. The summed E-state index contributed by atoms with van der Waals surface area (Å²) in [7, 11) is 1.58. The molecule has 0 radical (unpaired) electrons. The molecule has 0 spiro atoms. The number of hydrogen-bond acceptors (Lipinski definition) is 4. The van der Waals surface area contributed by atoms with E-state index in [-0.39, 0.29) is 17.8 Å². The number of hydrogen-bond donors (Lipinski definition) is 3. The Bertz CT molecular complexity index is 654. The maximum Gasteiger partial charge on any atom is 0.338 e. The number of urea groups is 1. The highest BCUT2D eigenvalue weighted by Crippen LogP contribution is 2.20. The van der Waals surface area contributed by atoms with Gasteiger partial charge in [0.1, 0.15) is 12.2 Å².